The topological polar surface area (TPSA) is 40.5 Å². The maximum Gasteiger partial charge on any atom is 0.119 e. The zero-order valence-electron chi connectivity index (χ0n) is 16.3. The SMILES string of the molecule is CCCCCCC(C)c1c(O)ccc(O)c1C(C)CCCCCC. The minimum atomic E-state index is 0.294. The Kier molecular flexibility index (Phi) is 9.90. The lowest BCUT2D eigenvalue weighted by atomic mass is 9.83. The fourth-order valence-corrected chi connectivity index (χ4v) is 3.69. The van der Waals surface area contributed by atoms with E-state index >= 15 is 0 Å². The van der Waals surface area contributed by atoms with Gasteiger partial charge in [0.15, 0.2) is 0 Å². The van der Waals surface area contributed by atoms with Crippen molar-refractivity contribution in [2.75, 3.05) is 0 Å². The van der Waals surface area contributed by atoms with Gasteiger partial charge in [0.2, 0.25) is 0 Å². The van der Waals surface area contributed by atoms with Crippen molar-refractivity contribution in [1.82, 2.24) is 0 Å². The van der Waals surface area contributed by atoms with E-state index in [1.165, 1.54) is 51.4 Å². The number of benzene rings is 1. The molecular formula is C22H38O2. The zero-order chi connectivity index (χ0) is 17.9. The van der Waals surface area contributed by atoms with Crippen LogP contribution in [0.5, 0.6) is 11.5 Å². The van der Waals surface area contributed by atoms with Gasteiger partial charge >= 0.3 is 0 Å². The Bertz CT molecular complexity index is 424. The molecule has 0 aliphatic rings. The van der Waals surface area contributed by atoms with E-state index in [-0.39, 0.29) is 0 Å². The molecule has 24 heavy (non-hydrogen) atoms. The van der Waals surface area contributed by atoms with Gasteiger partial charge in [0.05, 0.1) is 0 Å². The molecule has 2 heteroatoms. The first-order valence-corrected chi connectivity index (χ1v) is 10.1. The van der Waals surface area contributed by atoms with Crippen LogP contribution in [0.4, 0.5) is 0 Å². The monoisotopic (exact) mass is 334 g/mol. The third kappa shape index (κ3) is 6.37. The molecule has 0 heterocycles. The van der Waals surface area contributed by atoms with Crippen LogP contribution in [-0.4, -0.2) is 10.2 Å². The summed E-state index contributed by atoms with van der Waals surface area (Å²) in [7, 11) is 0. The van der Waals surface area contributed by atoms with Gasteiger partial charge in [0, 0.05) is 11.1 Å². The van der Waals surface area contributed by atoms with Crippen LogP contribution in [0.2, 0.25) is 0 Å². The number of phenols is 2. The molecule has 0 aliphatic carbocycles. The standard InChI is InChI=1S/C22H38O2/c1-5-7-9-11-13-17(3)21-19(23)15-16-20(24)22(21)18(4)14-12-10-8-6-2/h15-18,23-24H,5-14H2,1-4H3. The van der Waals surface area contributed by atoms with Crippen molar-refractivity contribution in [3.63, 3.8) is 0 Å². The van der Waals surface area contributed by atoms with Crippen molar-refractivity contribution in [2.45, 2.75) is 104 Å². The van der Waals surface area contributed by atoms with Crippen LogP contribution < -0.4 is 0 Å². The molecule has 0 spiro atoms. The summed E-state index contributed by atoms with van der Waals surface area (Å²) < 4.78 is 0. The van der Waals surface area contributed by atoms with Gasteiger partial charge in [0.1, 0.15) is 11.5 Å². The number of rotatable bonds is 12. The molecule has 0 aliphatic heterocycles. The van der Waals surface area contributed by atoms with Gasteiger partial charge < -0.3 is 10.2 Å². The van der Waals surface area contributed by atoms with Crippen LogP contribution in [0.15, 0.2) is 12.1 Å². The molecule has 0 saturated heterocycles. The summed E-state index contributed by atoms with van der Waals surface area (Å²) in [6.07, 6.45) is 12.1. The molecule has 0 aromatic heterocycles. The molecule has 2 unspecified atom stereocenters. The molecule has 0 saturated carbocycles. The third-order valence-corrected chi connectivity index (χ3v) is 5.21. The first-order chi connectivity index (χ1) is 11.5. The van der Waals surface area contributed by atoms with Crippen LogP contribution in [0.3, 0.4) is 0 Å². The maximum absolute atomic E-state index is 10.4. The molecule has 1 aromatic carbocycles. The molecule has 0 fully saturated rings. The molecule has 138 valence electrons. The first-order valence-electron chi connectivity index (χ1n) is 10.1. The number of phenolic OH excluding ortho intramolecular Hbond substituents is 2. The predicted octanol–water partition coefficient (Wildman–Crippen LogP) is 7.25. The lowest BCUT2D eigenvalue weighted by Crippen LogP contribution is -2.05. The van der Waals surface area contributed by atoms with E-state index in [2.05, 4.69) is 27.7 Å². The maximum atomic E-state index is 10.4. The Labute approximate surface area is 149 Å². The highest BCUT2D eigenvalue weighted by Gasteiger charge is 2.22. The van der Waals surface area contributed by atoms with E-state index in [9.17, 15) is 10.2 Å². The Morgan fingerprint density at radius 2 is 1.04 bits per heavy atom. The molecule has 2 atom stereocenters. The third-order valence-electron chi connectivity index (χ3n) is 5.21. The van der Waals surface area contributed by atoms with Crippen molar-refractivity contribution in [3.05, 3.63) is 23.3 Å². The van der Waals surface area contributed by atoms with E-state index in [0.717, 1.165) is 24.0 Å². The average molecular weight is 335 g/mol. The molecule has 0 radical (unpaired) electrons. The van der Waals surface area contributed by atoms with E-state index < -0.39 is 0 Å². The number of hydrogen-bond acceptors (Lipinski definition) is 2. The summed E-state index contributed by atoms with van der Waals surface area (Å²) in [5.74, 6) is 1.29. The van der Waals surface area contributed by atoms with Gasteiger partial charge in [0.25, 0.3) is 0 Å². The number of unbranched alkanes of at least 4 members (excludes halogenated alkanes) is 6. The fraction of sp³-hybridized carbons (Fsp3) is 0.727. The quantitative estimate of drug-likeness (QED) is 0.312. The van der Waals surface area contributed by atoms with Gasteiger partial charge in [-0.3, -0.25) is 0 Å². The van der Waals surface area contributed by atoms with Gasteiger partial charge in [-0.1, -0.05) is 79.1 Å². The minimum absolute atomic E-state index is 0.294. The molecular weight excluding hydrogens is 296 g/mol. The van der Waals surface area contributed by atoms with Crippen LogP contribution in [0.1, 0.15) is 115 Å². The summed E-state index contributed by atoms with van der Waals surface area (Å²) in [5, 5.41) is 20.9. The molecule has 1 rings (SSSR count). The predicted molar refractivity (Wildman–Crippen MR) is 104 cm³/mol. The Morgan fingerprint density at radius 3 is 1.38 bits per heavy atom. The van der Waals surface area contributed by atoms with Gasteiger partial charge in [-0.15, -0.1) is 0 Å². The highest BCUT2D eigenvalue weighted by Crippen LogP contribution is 2.42. The minimum Gasteiger partial charge on any atom is -0.508 e. The zero-order valence-corrected chi connectivity index (χ0v) is 16.3. The molecule has 0 amide bonds. The number of hydrogen-bond donors (Lipinski definition) is 2. The van der Waals surface area contributed by atoms with Crippen molar-refractivity contribution < 1.29 is 10.2 Å². The van der Waals surface area contributed by atoms with Gasteiger partial charge in [-0.2, -0.15) is 0 Å². The summed E-state index contributed by atoms with van der Waals surface area (Å²) in [4.78, 5) is 0. The summed E-state index contributed by atoms with van der Waals surface area (Å²) >= 11 is 0. The second-order valence-electron chi connectivity index (χ2n) is 7.43. The second-order valence-corrected chi connectivity index (χ2v) is 7.43. The normalized spacial score (nSPS) is 13.8. The van der Waals surface area contributed by atoms with E-state index in [4.69, 9.17) is 0 Å². The first kappa shape index (κ1) is 20.9. The van der Waals surface area contributed by atoms with E-state index in [1.807, 2.05) is 0 Å². The Hall–Kier alpha value is -1.18. The Balaban J connectivity index is 2.84. The smallest absolute Gasteiger partial charge is 0.119 e. The van der Waals surface area contributed by atoms with E-state index in [0.29, 0.717) is 23.3 Å². The van der Waals surface area contributed by atoms with Crippen molar-refractivity contribution in [2.24, 2.45) is 0 Å². The number of aromatic hydroxyl groups is 2. The Morgan fingerprint density at radius 1 is 0.667 bits per heavy atom. The van der Waals surface area contributed by atoms with Gasteiger partial charge in [-0.25, -0.2) is 0 Å². The van der Waals surface area contributed by atoms with Crippen LogP contribution in [-0.2, 0) is 0 Å². The molecule has 1 aromatic rings. The summed E-state index contributed by atoms with van der Waals surface area (Å²) in [5.41, 5.74) is 1.96. The lowest BCUT2D eigenvalue weighted by molar-refractivity contribution is 0.430. The summed E-state index contributed by atoms with van der Waals surface area (Å²) in [6, 6.07) is 3.31. The van der Waals surface area contributed by atoms with Crippen molar-refractivity contribution >= 4 is 0 Å². The van der Waals surface area contributed by atoms with Crippen molar-refractivity contribution in [3.8, 4) is 11.5 Å². The largest absolute Gasteiger partial charge is 0.508 e. The van der Waals surface area contributed by atoms with Crippen molar-refractivity contribution in [1.29, 1.82) is 0 Å². The highest BCUT2D eigenvalue weighted by molar-refractivity contribution is 5.50. The molecule has 0 bridgehead atoms. The summed E-state index contributed by atoms with van der Waals surface area (Å²) in [6.45, 7) is 8.83. The fourth-order valence-electron chi connectivity index (χ4n) is 3.69. The second kappa shape index (κ2) is 11.4. The van der Waals surface area contributed by atoms with Crippen LogP contribution in [0, 0.1) is 0 Å². The average Bonchev–Trinajstić information content (AvgIpc) is 2.57. The lowest BCUT2D eigenvalue weighted by Gasteiger charge is -2.23. The molecule has 2 nitrogen and oxygen atoms in total. The molecule has 2 N–H and O–H groups in total. The highest BCUT2D eigenvalue weighted by atomic mass is 16.3. The van der Waals surface area contributed by atoms with Gasteiger partial charge in [-0.05, 0) is 36.8 Å². The van der Waals surface area contributed by atoms with E-state index in [1.54, 1.807) is 12.1 Å². The van der Waals surface area contributed by atoms with Crippen LogP contribution >= 0.6 is 0 Å². The van der Waals surface area contributed by atoms with Crippen LogP contribution in [0.25, 0.3) is 0 Å².